The Balaban J connectivity index is 1.45. The van der Waals surface area contributed by atoms with Gasteiger partial charge in [0.15, 0.2) is 0 Å². The van der Waals surface area contributed by atoms with Crippen LogP contribution in [-0.4, -0.2) is 58.7 Å². The van der Waals surface area contributed by atoms with Crippen LogP contribution in [0.1, 0.15) is 48.8 Å². The quantitative estimate of drug-likeness (QED) is 0.259. The van der Waals surface area contributed by atoms with E-state index >= 15 is 0 Å². The number of anilines is 1. The van der Waals surface area contributed by atoms with E-state index in [2.05, 4.69) is 26.5 Å². The summed E-state index contributed by atoms with van der Waals surface area (Å²) in [4.78, 5) is 37.5. The van der Waals surface area contributed by atoms with Crippen LogP contribution in [0.3, 0.4) is 0 Å². The predicted octanol–water partition coefficient (Wildman–Crippen LogP) is 3.91. The van der Waals surface area contributed by atoms with Crippen LogP contribution in [0.4, 0.5) is 5.95 Å². The molecule has 0 saturated carbocycles. The number of nitrogens with one attached hydrogen (secondary N) is 1. The van der Waals surface area contributed by atoms with Crippen LogP contribution in [0.5, 0.6) is 0 Å². The minimum atomic E-state index is -0.325. The lowest BCUT2D eigenvalue weighted by molar-refractivity contribution is -0.127. The van der Waals surface area contributed by atoms with Crippen LogP contribution in [0.25, 0.3) is 16.0 Å². The molecule has 1 aromatic carbocycles. The van der Waals surface area contributed by atoms with Crippen molar-refractivity contribution < 1.29 is 14.7 Å². The summed E-state index contributed by atoms with van der Waals surface area (Å²) in [7, 11) is 0. The molecule has 1 saturated heterocycles. The smallest absolute Gasteiger partial charge is 0.268 e. The van der Waals surface area contributed by atoms with Gasteiger partial charge in [-0.05, 0) is 48.1 Å². The SMILES string of the molecule is CC(C)(C)/C=C(\C#N)C(=O)N1CCC[C@@H]1Cn1c(NC(=O)c2ccc(-n3cncn3)s2)nc2cc(CO)ccc21. The van der Waals surface area contributed by atoms with E-state index in [4.69, 9.17) is 0 Å². The number of imidazole rings is 1. The lowest BCUT2D eigenvalue weighted by Crippen LogP contribution is -2.39. The van der Waals surface area contributed by atoms with E-state index < -0.39 is 0 Å². The van der Waals surface area contributed by atoms with E-state index in [1.54, 1.807) is 40.2 Å². The summed E-state index contributed by atoms with van der Waals surface area (Å²) in [6.45, 7) is 6.67. The molecule has 40 heavy (non-hydrogen) atoms. The fourth-order valence-corrected chi connectivity index (χ4v) is 5.67. The normalized spacial score (nSPS) is 15.9. The van der Waals surface area contributed by atoms with Crippen molar-refractivity contribution >= 4 is 40.1 Å². The second-order valence-electron chi connectivity index (χ2n) is 10.8. The fraction of sp³-hybridized carbons (Fsp3) is 0.357. The molecule has 206 valence electrons. The molecule has 2 amide bonds. The molecule has 0 unspecified atom stereocenters. The minimum Gasteiger partial charge on any atom is -0.392 e. The molecular weight excluding hydrogens is 528 g/mol. The van der Waals surface area contributed by atoms with Gasteiger partial charge in [-0.15, -0.1) is 11.3 Å². The van der Waals surface area contributed by atoms with E-state index in [0.717, 1.165) is 23.4 Å². The lowest BCUT2D eigenvalue weighted by Gasteiger charge is -2.26. The zero-order valence-electron chi connectivity index (χ0n) is 22.5. The van der Waals surface area contributed by atoms with Crippen molar-refractivity contribution in [3.05, 3.63) is 65.1 Å². The van der Waals surface area contributed by atoms with Gasteiger partial charge in [0.2, 0.25) is 5.95 Å². The number of aromatic nitrogens is 5. The van der Waals surface area contributed by atoms with Gasteiger partial charge in [-0.25, -0.2) is 14.6 Å². The number of hydrogen-bond donors (Lipinski definition) is 2. The van der Waals surface area contributed by atoms with Gasteiger partial charge in [0.1, 0.15) is 29.3 Å². The topological polar surface area (TPSA) is 142 Å². The number of nitriles is 1. The highest BCUT2D eigenvalue weighted by molar-refractivity contribution is 7.16. The Bertz CT molecular complexity index is 1620. The fourth-order valence-electron chi connectivity index (χ4n) is 4.85. The van der Waals surface area contributed by atoms with E-state index in [1.165, 1.54) is 17.7 Å². The predicted molar refractivity (Wildman–Crippen MR) is 151 cm³/mol. The number of thiophene rings is 1. The molecule has 12 heteroatoms. The van der Waals surface area contributed by atoms with E-state index in [-0.39, 0.29) is 35.5 Å². The zero-order chi connectivity index (χ0) is 28.4. The molecule has 0 aliphatic carbocycles. The number of hydrogen-bond acceptors (Lipinski definition) is 8. The van der Waals surface area contributed by atoms with Gasteiger partial charge in [-0.2, -0.15) is 10.4 Å². The van der Waals surface area contributed by atoms with Crippen molar-refractivity contribution in [2.24, 2.45) is 5.41 Å². The van der Waals surface area contributed by atoms with Gasteiger partial charge in [0.05, 0.1) is 28.6 Å². The van der Waals surface area contributed by atoms with Gasteiger partial charge < -0.3 is 14.6 Å². The molecule has 1 aliphatic heterocycles. The molecule has 5 rings (SSSR count). The number of likely N-dealkylation sites (tertiary alicyclic amines) is 1. The van der Waals surface area contributed by atoms with E-state index in [1.807, 2.05) is 37.5 Å². The molecule has 4 heterocycles. The Morgan fingerprint density at radius 1 is 1.27 bits per heavy atom. The second kappa shape index (κ2) is 11.0. The standard InChI is InChI=1S/C28H30N8O3S/c1-28(2,3)12-19(13-29)26(39)34-10-4-5-20(34)14-35-22-7-6-18(15-37)11-21(22)32-27(35)33-25(38)23-8-9-24(40-23)36-17-30-16-31-36/h6-9,11-12,16-17,20,37H,4-5,10,14-15H2,1-3H3,(H,32,33,38)/b19-12+/t20-/m1/s1. The van der Waals surface area contributed by atoms with Crippen LogP contribution < -0.4 is 5.32 Å². The van der Waals surface area contributed by atoms with Gasteiger partial charge in [-0.3, -0.25) is 14.9 Å². The number of carbonyl (C=O) groups is 2. The van der Waals surface area contributed by atoms with Crippen molar-refractivity contribution in [1.82, 2.24) is 29.2 Å². The molecule has 3 aromatic heterocycles. The third kappa shape index (κ3) is 5.66. The van der Waals surface area contributed by atoms with Gasteiger partial charge >= 0.3 is 0 Å². The molecule has 0 bridgehead atoms. The highest BCUT2D eigenvalue weighted by Gasteiger charge is 2.32. The molecule has 2 N–H and O–H groups in total. The number of carbonyl (C=O) groups excluding carboxylic acids is 2. The van der Waals surface area contributed by atoms with Crippen LogP contribution in [0.15, 0.2) is 54.6 Å². The number of nitrogens with zero attached hydrogens (tertiary/aromatic N) is 7. The van der Waals surface area contributed by atoms with Crippen molar-refractivity contribution in [3.8, 4) is 11.1 Å². The van der Waals surface area contributed by atoms with E-state index in [0.29, 0.717) is 35.0 Å². The highest BCUT2D eigenvalue weighted by Crippen LogP contribution is 2.29. The number of fused-ring (bicyclic) bond motifs is 1. The van der Waals surface area contributed by atoms with Gasteiger partial charge in [0.25, 0.3) is 11.8 Å². The van der Waals surface area contributed by atoms with Crippen molar-refractivity contribution in [2.45, 2.75) is 52.8 Å². The third-order valence-corrected chi connectivity index (χ3v) is 7.71. The van der Waals surface area contributed by atoms with Crippen LogP contribution in [0.2, 0.25) is 0 Å². The molecule has 0 spiro atoms. The highest BCUT2D eigenvalue weighted by atomic mass is 32.1. The zero-order valence-corrected chi connectivity index (χ0v) is 23.4. The second-order valence-corrected chi connectivity index (χ2v) is 11.9. The van der Waals surface area contributed by atoms with Gasteiger partial charge in [0, 0.05) is 13.1 Å². The molecule has 1 aliphatic rings. The van der Waals surface area contributed by atoms with Crippen LogP contribution >= 0.6 is 11.3 Å². The summed E-state index contributed by atoms with van der Waals surface area (Å²) in [6.07, 6.45) is 6.28. The number of amides is 2. The third-order valence-electron chi connectivity index (χ3n) is 6.64. The Labute approximate surface area is 235 Å². The number of aliphatic hydroxyl groups excluding tert-OH is 1. The number of allylic oxidation sites excluding steroid dienone is 1. The summed E-state index contributed by atoms with van der Waals surface area (Å²) in [6, 6.07) is 10.9. The lowest BCUT2D eigenvalue weighted by atomic mass is 9.93. The van der Waals surface area contributed by atoms with Crippen LogP contribution in [-0.2, 0) is 17.9 Å². The Kier molecular flexibility index (Phi) is 7.51. The Morgan fingerprint density at radius 3 is 2.80 bits per heavy atom. The number of aliphatic hydroxyl groups is 1. The summed E-state index contributed by atoms with van der Waals surface area (Å²) in [5.74, 6) is -0.262. The first-order valence-corrected chi connectivity index (χ1v) is 13.8. The molecule has 11 nitrogen and oxygen atoms in total. The Morgan fingerprint density at radius 2 is 2.10 bits per heavy atom. The first kappa shape index (κ1) is 27.2. The summed E-state index contributed by atoms with van der Waals surface area (Å²) < 4.78 is 3.48. The van der Waals surface area contributed by atoms with E-state index in [9.17, 15) is 20.0 Å². The number of benzene rings is 1. The summed E-state index contributed by atoms with van der Waals surface area (Å²) in [5.41, 5.74) is 1.92. The average molecular weight is 559 g/mol. The minimum absolute atomic E-state index is 0.132. The maximum Gasteiger partial charge on any atom is 0.268 e. The molecule has 0 radical (unpaired) electrons. The van der Waals surface area contributed by atoms with Crippen molar-refractivity contribution in [3.63, 3.8) is 0 Å². The largest absolute Gasteiger partial charge is 0.392 e. The average Bonchev–Trinajstić information content (AvgIpc) is 3.73. The van der Waals surface area contributed by atoms with Crippen molar-refractivity contribution in [1.29, 1.82) is 5.26 Å². The molecule has 1 atom stereocenters. The van der Waals surface area contributed by atoms with Crippen molar-refractivity contribution in [2.75, 3.05) is 11.9 Å². The number of rotatable bonds is 7. The summed E-state index contributed by atoms with van der Waals surface area (Å²) in [5, 5.41) is 27.2. The maximum atomic E-state index is 13.4. The summed E-state index contributed by atoms with van der Waals surface area (Å²) >= 11 is 1.27. The first-order chi connectivity index (χ1) is 19.2. The first-order valence-electron chi connectivity index (χ1n) is 13.0. The van der Waals surface area contributed by atoms with Crippen LogP contribution in [0, 0.1) is 16.7 Å². The van der Waals surface area contributed by atoms with Gasteiger partial charge in [-0.1, -0.05) is 32.9 Å². The monoisotopic (exact) mass is 558 g/mol. The molecule has 1 fully saturated rings. The molecule has 4 aromatic rings. The maximum absolute atomic E-state index is 13.4. The Hall–Kier alpha value is -4.34. The molecular formula is C28H30N8O3S.